The van der Waals surface area contributed by atoms with Crippen LogP contribution in [0, 0.1) is 12.1 Å². The fourth-order valence-electron chi connectivity index (χ4n) is 1.41. The summed E-state index contributed by atoms with van der Waals surface area (Å²) < 4.78 is 10.7. The lowest BCUT2D eigenvalue weighted by Gasteiger charge is -2.09. The Kier molecular flexibility index (Phi) is 3.53. The second-order valence-corrected chi connectivity index (χ2v) is 4.01. The molecule has 2 rings (SSSR count). The zero-order chi connectivity index (χ0) is 13.1. The molecule has 0 radical (unpaired) electrons. The number of nitrogens with zero attached hydrogens (tertiary/aromatic N) is 2. The Morgan fingerprint density at radius 2 is 2.00 bits per heavy atom. The molecule has 5 nitrogen and oxygen atoms in total. The molecule has 18 heavy (non-hydrogen) atoms. The van der Waals surface area contributed by atoms with Crippen LogP contribution in [0.1, 0.15) is 5.56 Å². The third kappa shape index (κ3) is 2.62. The van der Waals surface area contributed by atoms with Gasteiger partial charge in [-0.1, -0.05) is 6.07 Å². The maximum absolute atomic E-state index is 11.2. The van der Waals surface area contributed by atoms with Crippen LogP contribution in [0.5, 0.6) is 17.4 Å². The van der Waals surface area contributed by atoms with Crippen molar-refractivity contribution in [3.63, 3.8) is 0 Å². The minimum Gasteiger partial charge on any atom is -0.593 e. The number of aromatic nitrogens is 2. The van der Waals surface area contributed by atoms with Gasteiger partial charge in [-0.25, -0.2) is 0 Å². The summed E-state index contributed by atoms with van der Waals surface area (Å²) >= 11 is 5.58. The van der Waals surface area contributed by atoms with Crippen molar-refractivity contribution in [1.82, 2.24) is 5.10 Å². The Balaban J connectivity index is 2.33. The number of aryl methyl sites for hydroxylation is 1. The van der Waals surface area contributed by atoms with Gasteiger partial charge in [0.2, 0.25) is 0 Å². The van der Waals surface area contributed by atoms with E-state index in [2.05, 4.69) is 5.10 Å². The molecule has 94 valence electrons. The molecular formula is C12H11ClN2O3. The molecule has 0 amide bonds. The fourth-order valence-corrected chi connectivity index (χ4v) is 1.51. The van der Waals surface area contributed by atoms with E-state index in [0.717, 1.165) is 5.56 Å². The Morgan fingerprint density at radius 3 is 2.67 bits per heavy atom. The van der Waals surface area contributed by atoms with Gasteiger partial charge in [-0.15, -0.1) is 0 Å². The smallest absolute Gasteiger partial charge is 0.313 e. The van der Waals surface area contributed by atoms with Gasteiger partial charge in [0, 0.05) is 12.1 Å². The number of hydrogen-bond acceptors (Lipinski definition) is 4. The summed E-state index contributed by atoms with van der Waals surface area (Å²) in [5.41, 5.74) is 1.01. The van der Waals surface area contributed by atoms with E-state index in [9.17, 15) is 5.21 Å². The maximum atomic E-state index is 11.2. The van der Waals surface area contributed by atoms with Gasteiger partial charge in [0.15, 0.2) is 11.5 Å². The summed E-state index contributed by atoms with van der Waals surface area (Å²) in [6.07, 6.45) is 0. The zero-order valence-corrected chi connectivity index (χ0v) is 10.6. The fraction of sp³-hybridized carbons (Fsp3) is 0.167. The Morgan fingerprint density at radius 1 is 1.22 bits per heavy atom. The van der Waals surface area contributed by atoms with Crippen molar-refractivity contribution in [2.24, 2.45) is 0 Å². The van der Waals surface area contributed by atoms with E-state index in [0.29, 0.717) is 16.3 Å². The zero-order valence-electron chi connectivity index (χ0n) is 9.88. The molecular weight excluding hydrogens is 256 g/mol. The van der Waals surface area contributed by atoms with Crippen LogP contribution in [0.2, 0.25) is 5.15 Å². The number of benzene rings is 1. The number of rotatable bonds is 3. The highest BCUT2D eigenvalue weighted by atomic mass is 35.5. The topological polar surface area (TPSA) is 58.3 Å². The number of hydrogen-bond donors (Lipinski definition) is 0. The summed E-state index contributed by atoms with van der Waals surface area (Å²) in [6, 6.07) is 8.41. The first kappa shape index (κ1) is 12.4. The van der Waals surface area contributed by atoms with Crippen molar-refractivity contribution < 1.29 is 14.3 Å². The quantitative estimate of drug-likeness (QED) is 0.633. The predicted molar refractivity (Wildman–Crippen MR) is 66.0 cm³/mol. The highest BCUT2D eigenvalue weighted by molar-refractivity contribution is 6.28. The highest BCUT2D eigenvalue weighted by Gasteiger charge is 2.11. The Labute approximate surface area is 109 Å². The molecule has 6 heteroatoms. The first-order chi connectivity index (χ1) is 8.60. The van der Waals surface area contributed by atoms with E-state index in [1.54, 1.807) is 19.2 Å². The molecule has 0 fully saturated rings. The molecule has 0 saturated carbocycles. The summed E-state index contributed by atoms with van der Waals surface area (Å²) in [6.45, 7) is 1.93. The predicted octanol–water partition coefficient (Wildman–Crippen LogP) is 2.48. The van der Waals surface area contributed by atoms with E-state index in [1.807, 2.05) is 13.0 Å². The number of ether oxygens (including phenoxy) is 2. The minimum atomic E-state index is -0.0152. The summed E-state index contributed by atoms with van der Waals surface area (Å²) in [5.74, 6) is 1.21. The van der Waals surface area contributed by atoms with Crippen LogP contribution in [0.4, 0.5) is 0 Å². The largest absolute Gasteiger partial charge is 0.593 e. The van der Waals surface area contributed by atoms with Gasteiger partial charge < -0.3 is 14.7 Å². The Hall–Kier alpha value is -2.01. The van der Waals surface area contributed by atoms with Crippen molar-refractivity contribution in [2.45, 2.75) is 6.92 Å². The summed E-state index contributed by atoms with van der Waals surface area (Å²) in [4.78, 5) is 0.291. The standard InChI is InChI=1S/C12H11ClN2O3/c1-8-3-4-9(17-2)10(7-8)18-12-6-5-11(13)15(16)14-12/h3-7H,1-2H3. The van der Waals surface area contributed by atoms with Crippen molar-refractivity contribution in [3.05, 3.63) is 46.3 Å². The van der Waals surface area contributed by atoms with Crippen LogP contribution in [0.25, 0.3) is 0 Å². The summed E-state index contributed by atoms with van der Waals surface area (Å²) in [7, 11) is 1.54. The van der Waals surface area contributed by atoms with Crippen molar-refractivity contribution >= 4 is 11.6 Å². The molecule has 0 atom stereocenters. The average molecular weight is 267 g/mol. The lowest BCUT2D eigenvalue weighted by atomic mass is 10.2. The monoisotopic (exact) mass is 266 g/mol. The van der Waals surface area contributed by atoms with Crippen molar-refractivity contribution in [1.29, 1.82) is 0 Å². The third-order valence-corrected chi connectivity index (χ3v) is 2.54. The molecule has 0 bridgehead atoms. The first-order valence-corrected chi connectivity index (χ1v) is 5.57. The van der Waals surface area contributed by atoms with Gasteiger partial charge in [0.1, 0.15) is 0 Å². The van der Waals surface area contributed by atoms with Crippen LogP contribution < -0.4 is 14.3 Å². The molecule has 0 saturated heterocycles. The third-order valence-electron chi connectivity index (χ3n) is 2.27. The molecule has 2 aromatic rings. The lowest BCUT2D eigenvalue weighted by molar-refractivity contribution is -0.667. The van der Waals surface area contributed by atoms with E-state index >= 15 is 0 Å². The van der Waals surface area contributed by atoms with Gasteiger partial charge in [-0.3, -0.25) is 0 Å². The number of halogens is 1. The van der Waals surface area contributed by atoms with Crippen LogP contribution in [0.3, 0.4) is 0 Å². The van der Waals surface area contributed by atoms with Crippen LogP contribution >= 0.6 is 11.6 Å². The second kappa shape index (κ2) is 5.10. The van der Waals surface area contributed by atoms with Crippen LogP contribution in [0.15, 0.2) is 30.3 Å². The summed E-state index contributed by atoms with van der Waals surface area (Å²) in [5, 5.41) is 14.8. The van der Waals surface area contributed by atoms with Crippen LogP contribution in [-0.2, 0) is 0 Å². The molecule has 0 N–H and O–H groups in total. The average Bonchev–Trinajstić information content (AvgIpc) is 2.34. The van der Waals surface area contributed by atoms with E-state index < -0.39 is 0 Å². The first-order valence-electron chi connectivity index (χ1n) is 5.19. The molecule has 0 aliphatic heterocycles. The lowest BCUT2D eigenvalue weighted by Crippen LogP contribution is -2.32. The molecule has 0 spiro atoms. The SMILES string of the molecule is COc1ccc(C)cc1Oc1ccc(Cl)[n+]([O-])n1. The second-order valence-electron chi connectivity index (χ2n) is 3.62. The van der Waals surface area contributed by atoms with Gasteiger partial charge in [0.05, 0.1) is 12.2 Å². The van der Waals surface area contributed by atoms with E-state index in [1.165, 1.54) is 12.1 Å². The van der Waals surface area contributed by atoms with Gasteiger partial charge in [0.25, 0.3) is 5.88 Å². The molecule has 1 aromatic heterocycles. The maximum Gasteiger partial charge on any atom is 0.313 e. The molecule has 1 heterocycles. The molecule has 1 aromatic carbocycles. The van der Waals surface area contributed by atoms with Crippen LogP contribution in [-0.4, -0.2) is 12.2 Å². The number of methoxy groups -OCH3 is 1. The normalized spacial score (nSPS) is 10.2. The van der Waals surface area contributed by atoms with Crippen molar-refractivity contribution in [2.75, 3.05) is 7.11 Å². The minimum absolute atomic E-state index is 0.0152. The molecule has 0 unspecified atom stereocenters. The van der Waals surface area contributed by atoms with Gasteiger partial charge in [-0.2, -0.15) is 0 Å². The molecule has 0 aliphatic carbocycles. The van der Waals surface area contributed by atoms with E-state index in [4.69, 9.17) is 21.1 Å². The molecule has 0 aliphatic rings. The van der Waals surface area contributed by atoms with Gasteiger partial charge >= 0.3 is 5.15 Å². The van der Waals surface area contributed by atoms with Gasteiger partial charge in [-0.05, 0) is 41.1 Å². The Bertz CT molecular complexity index is 575. The van der Waals surface area contributed by atoms with E-state index in [-0.39, 0.29) is 11.0 Å². The highest BCUT2D eigenvalue weighted by Crippen LogP contribution is 2.31. The van der Waals surface area contributed by atoms with Crippen molar-refractivity contribution in [3.8, 4) is 17.4 Å².